The van der Waals surface area contributed by atoms with Crippen molar-refractivity contribution in [2.45, 2.75) is 26.1 Å². The molecule has 1 aromatic heterocycles. The van der Waals surface area contributed by atoms with Gasteiger partial charge in [-0.15, -0.1) is 0 Å². The highest BCUT2D eigenvalue weighted by atomic mass is 19.4. The number of hydrogen-bond donors (Lipinski definition) is 0. The van der Waals surface area contributed by atoms with E-state index in [1.54, 1.807) is 0 Å². The Labute approximate surface area is 100 Å². The Balaban J connectivity index is 3.44. The molecule has 0 fully saturated rings. The zero-order valence-electron chi connectivity index (χ0n) is 9.62. The molecular formula is C11H10F3NO3. The molecule has 98 valence electrons. The van der Waals surface area contributed by atoms with Gasteiger partial charge in [-0.2, -0.15) is 13.2 Å². The first-order valence-electron chi connectivity index (χ1n) is 4.95. The number of pyridine rings is 1. The molecule has 0 aliphatic carbocycles. The molecule has 0 atom stereocenters. The fraction of sp³-hybridized carbons (Fsp3) is 0.364. The summed E-state index contributed by atoms with van der Waals surface area (Å²) in [7, 11) is 0. The summed E-state index contributed by atoms with van der Waals surface area (Å²) in [5, 5.41) is 0. The molecule has 0 N–H and O–H groups in total. The average Bonchev–Trinajstić information content (AvgIpc) is 2.18. The monoisotopic (exact) mass is 261 g/mol. The lowest BCUT2D eigenvalue weighted by atomic mass is 10.1. The van der Waals surface area contributed by atoms with E-state index < -0.39 is 34.9 Å². The molecule has 1 heterocycles. The molecule has 0 bridgehead atoms. The van der Waals surface area contributed by atoms with E-state index in [0.29, 0.717) is 22.9 Å². The number of carbonyl (C=O) groups is 2. The van der Waals surface area contributed by atoms with Crippen LogP contribution >= 0.6 is 0 Å². The molecule has 0 aromatic carbocycles. The summed E-state index contributed by atoms with van der Waals surface area (Å²) in [4.78, 5) is 33.9. The van der Waals surface area contributed by atoms with Crippen LogP contribution in [-0.2, 0) is 15.8 Å². The minimum Gasteiger partial charge on any atom is -0.297 e. The van der Waals surface area contributed by atoms with Crippen LogP contribution in [0.15, 0.2) is 23.1 Å². The third-order valence-electron chi connectivity index (χ3n) is 2.31. The van der Waals surface area contributed by atoms with Crippen molar-refractivity contribution in [3.8, 4) is 0 Å². The topological polar surface area (TPSA) is 56.1 Å². The number of alkyl halides is 3. The molecule has 0 spiro atoms. The molecule has 0 radical (unpaired) electrons. The number of hydrogen-bond acceptors (Lipinski definition) is 3. The number of Topliss-reactive ketones (excluding diaryl/α,β-unsaturated/α-hetero) is 2. The third-order valence-corrected chi connectivity index (χ3v) is 2.31. The minimum atomic E-state index is -4.65. The Morgan fingerprint density at radius 3 is 2.06 bits per heavy atom. The van der Waals surface area contributed by atoms with E-state index in [-0.39, 0.29) is 0 Å². The van der Waals surface area contributed by atoms with Gasteiger partial charge >= 0.3 is 6.18 Å². The summed E-state index contributed by atoms with van der Waals surface area (Å²) in [6, 6.07) is -0.225. The lowest BCUT2D eigenvalue weighted by Crippen LogP contribution is -2.33. The summed E-state index contributed by atoms with van der Waals surface area (Å²) in [6.45, 7) is 2.08. The number of ketones is 2. The van der Waals surface area contributed by atoms with E-state index in [4.69, 9.17) is 0 Å². The van der Waals surface area contributed by atoms with Crippen molar-refractivity contribution in [1.82, 2.24) is 4.57 Å². The molecule has 0 aliphatic heterocycles. The van der Waals surface area contributed by atoms with Crippen LogP contribution in [0.4, 0.5) is 13.2 Å². The highest BCUT2D eigenvalue weighted by molar-refractivity contribution is 6.02. The first-order chi connectivity index (χ1) is 8.14. The van der Waals surface area contributed by atoms with Gasteiger partial charge in [0.05, 0.1) is 5.56 Å². The summed E-state index contributed by atoms with van der Waals surface area (Å²) in [5.41, 5.74) is -1.92. The van der Waals surface area contributed by atoms with Crippen LogP contribution in [-0.4, -0.2) is 16.1 Å². The molecule has 0 saturated heterocycles. The Bertz CT molecular complexity index is 531. The number of rotatable bonds is 3. The van der Waals surface area contributed by atoms with Crippen molar-refractivity contribution >= 4 is 11.6 Å². The number of nitrogens with zero attached hydrogens (tertiary/aromatic N) is 1. The van der Waals surface area contributed by atoms with Crippen molar-refractivity contribution < 1.29 is 22.8 Å². The van der Waals surface area contributed by atoms with Crippen LogP contribution < -0.4 is 5.56 Å². The Morgan fingerprint density at radius 2 is 1.67 bits per heavy atom. The Morgan fingerprint density at radius 1 is 1.17 bits per heavy atom. The normalized spacial score (nSPS) is 11.7. The molecule has 1 aromatic rings. The van der Waals surface area contributed by atoms with Crippen LogP contribution in [0.3, 0.4) is 0 Å². The summed E-state index contributed by atoms with van der Waals surface area (Å²) in [5.74, 6) is -1.38. The maximum absolute atomic E-state index is 12.5. The number of halogens is 3. The van der Waals surface area contributed by atoms with E-state index in [2.05, 4.69) is 0 Å². The quantitative estimate of drug-likeness (QED) is 0.776. The first-order valence-corrected chi connectivity index (χ1v) is 4.95. The van der Waals surface area contributed by atoms with Gasteiger partial charge in [-0.3, -0.25) is 19.0 Å². The molecule has 0 amide bonds. The maximum atomic E-state index is 12.5. The number of carbonyl (C=O) groups excluding carboxylic acids is 2. The predicted octanol–water partition coefficient (Wildman–Crippen LogP) is 1.59. The fourth-order valence-electron chi connectivity index (χ4n) is 1.55. The molecule has 1 rings (SSSR count). The molecule has 18 heavy (non-hydrogen) atoms. The molecule has 7 heteroatoms. The number of aromatic nitrogens is 1. The predicted molar refractivity (Wildman–Crippen MR) is 56.1 cm³/mol. The van der Waals surface area contributed by atoms with Gasteiger partial charge in [0.15, 0.2) is 17.6 Å². The summed E-state index contributed by atoms with van der Waals surface area (Å²) < 4.78 is 37.9. The molecular weight excluding hydrogens is 251 g/mol. The van der Waals surface area contributed by atoms with Gasteiger partial charge < -0.3 is 0 Å². The average molecular weight is 261 g/mol. The van der Waals surface area contributed by atoms with Gasteiger partial charge in [0, 0.05) is 12.3 Å². The zero-order chi connectivity index (χ0) is 14.1. The van der Waals surface area contributed by atoms with Crippen molar-refractivity contribution in [1.29, 1.82) is 0 Å². The second-order valence-corrected chi connectivity index (χ2v) is 3.78. The largest absolute Gasteiger partial charge is 0.417 e. The van der Waals surface area contributed by atoms with Gasteiger partial charge in [0.25, 0.3) is 5.56 Å². The van der Waals surface area contributed by atoms with E-state index in [0.717, 1.165) is 13.8 Å². The van der Waals surface area contributed by atoms with E-state index in [1.807, 2.05) is 0 Å². The molecule has 0 saturated carbocycles. The van der Waals surface area contributed by atoms with Crippen LogP contribution in [0, 0.1) is 0 Å². The lowest BCUT2D eigenvalue weighted by Gasteiger charge is -2.16. The van der Waals surface area contributed by atoms with Crippen LogP contribution in [0.25, 0.3) is 0 Å². The first kappa shape index (κ1) is 14.1. The van der Waals surface area contributed by atoms with Crippen LogP contribution in [0.2, 0.25) is 0 Å². The second kappa shape index (κ2) is 4.75. The Kier molecular flexibility index (Phi) is 3.73. The summed E-state index contributed by atoms with van der Waals surface area (Å²) >= 11 is 0. The smallest absolute Gasteiger partial charge is 0.297 e. The van der Waals surface area contributed by atoms with Crippen molar-refractivity contribution in [3.05, 3.63) is 34.2 Å². The van der Waals surface area contributed by atoms with Crippen LogP contribution in [0.1, 0.15) is 25.5 Å². The van der Waals surface area contributed by atoms with Gasteiger partial charge in [-0.25, -0.2) is 0 Å². The summed E-state index contributed by atoms with van der Waals surface area (Å²) in [6.07, 6.45) is -4.16. The van der Waals surface area contributed by atoms with Gasteiger partial charge in [0.1, 0.15) is 0 Å². The molecule has 4 nitrogen and oxygen atoms in total. The highest BCUT2D eigenvalue weighted by Gasteiger charge is 2.32. The highest BCUT2D eigenvalue weighted by Crippen LogP contribution is 2.28. The van der Waals surface area contributed by atoms with E-state index >= 15 is 0 Å². The third kappa shape index (κ3) is 2.85. The van der Waals surface area contributed by atoms with E-state index in [9.17, 15) is 27.6 Å². The minimum absolute atomic E-state index is 0.482. The van der Waals surface area contributed by atoms with E-state index in [1.165, 1.54) is 0 Å². The van der Waals surface area contributed by atoms with Gasteiger partial charge in [-0.05, 0) is 19.9 Å². The van der Waals surface area contributed by atoms with Crippen LogP contribution in [0.5, 0.6) is 0 Å². The molecule has 0 aliphatic rings. The zero-order valence-corrected chi connectivity index (χ0v) is 9.62. The molecule has 0 unspecified atom stereocenters. The maximum Gasteiger partial charge on any atom is 0.417 e. The van der Waals surface area contributed by atoms with Crippen molar-refractivity contribution in [3.63, 3.8) is 0 Å². The SMILES string of the molecule is CC(=O)C(C(C)=O)n1cc(C(F)(F)F)ccc1=O. The van der Waals surface area contributed by atoms with Crippen molar-refractivity contribution in [2.24, 2.45) is 0 Å². The standard InChI is InChI=1S/C11H10F3NO3/c1-6(16)10(7(2)17)15-5-8(11(12,13)14)3-4-9(15)18/h3-5,10H,1-2H3. The Hall–Kier alpha value is -1.92. The fourth-order valence-corrected chi connectivity index (χ4v) is 1.55. The second-order valence-electron chi connectivity index (χ2n) is 3.78. The van der Waals surface area contributed by atoms with Gasteiger partial charge in [0.2, 0.25) is 0 Å². The van der Waals surface area contributed by atoms with Gasteiger partial charge in [-0.1, -0.05) is 0 Å². The lowest BCUT2D eigenvalue weighted by molar-refractivity contribution is -0.139. The van der Waals surface area contributed by atoms with Crippen molar-refractivity contribution in [2.75, 3.05) is 0 Å².